The minimum atomic E-state index is -0.567. The molecular weight excluding hydrogens is 312 g/mol. The molecule has 0 saturated heterocycles. The maximum absolute atomic E-state index is 9.53. The fraction of sp³-hybridized carbons (Fsp3) is 0.188. The number of aliphatic hydroxyl groups excluding tert-OH is 1. The van der Waals surface area contributed by atoms with E-state index in [0.29, 0.717) is 21.9 Å². The standard InChI is InChI=1S/C16H14N4O2S/c1-9(21)8-23-16-13(7-18)14(12(6-17)15(19)20-16)10-2-4-11(22)5-3-10/h2-5,9,21-22H,8H2,1H3,(H2,19,20). The normalized spacial score (nSPS) is 11.5. The topological polar surface area (TPSA) is 127 Å². The third kappa shape index (κ3) is 3.54. The summed E-state index contributed by atoms with van der Waals surface area (Å²) in [5.74, 6) is 0.460. The second kappa shape index (κ2) is 7.01. The molecule has 1 aromatic heterocycles. The summed E-state index contributed by atoms with van der Waals surface area (Å²) in [5, 5.41) is 38.1. The summed E-state index contributed by atoms with van der Waals surface area (Å²) in [5.41, 5.74) is 7.18. The molecule has 2 rings (SSSR count). The summed E-state index contributed by atoms with van der Waals surface area (Å²) in [6.45, 7) is 1.63. The van der Waals surface area contributed by atoms with Gasteiger partial charge >= 0.3 is 0 Å². The van der Waals surface area contributed by atoms with Gasteiger partial charge in [0, 0.05) is 11.3 Å². The van der Waals surface area contributed by atoms with Crippen molar-refractivity contribution in [2.75, 3.05) is 11.5 Å². The van der Waals surface area contributed by atoms with Crippen molar-refractivity contribution in [3.8, 4) is 29.0 Å². The Morgan fingerprint density at radius 2 is 1.83 bits per heavy atom. The molecule has 1 atom stereocenters. The van der Waals surface area contributed by atoms with E-state index in [0.717, 1.165) is 0 Å². The van der Waals surface area contributed by atoms with Crippen LogP contribution in [0.2, 0.25) is 0 Å². The van der Waals surface area contributed by atoms with Gasteiger partial charge < -0.3 is 15.9 Å². The summed E-state index contributed by atoms with van der Waals surface area (Å²) in [6, 6.07) is 10.2. The number of phenols is 1. The molecule has 1 unspecified atom stereocenters. The molecule has 6 nitrogen and oxygen atoms in total. The van der Waals surface area contributed by atoms with Crippen LogP contribution in [0.15, 0.2) is 29.3 Å². The number of aliphatic hydroxyl groups is 1. The molecule has 1 heterocycles. The van der Waals surface area contributed by atoms with Crippen molar-refractivity contribution in [2.45, 2.75) is 18.1 Å². The highest BCUT2D eigenvalue weighted by molar-refractivity contribution is 7.99. The van der Waals surface area contributed by atoms with Crippen LogP contribution in [0.25, 0.3) is 11.1 Å². The van der Waals surface area contributed by atoms with Gasteiger partial charge in [0.1, 0.15) is 34.3 Å². The van der Waals surface area contributed by atoms with Gasteiger partial charge in [0.05, 0.1) is 11.7 Å². The fourth-order valence-corrected chi connectivity index (χ4v) is 2.87. The molecule has 0 amide bonds. The van der Waals surface area contributed by atoms with Crippen LogP contribution in [0.5, 0.6) is 5.75 Å². The minimum absolute atomic E-state index is 0.0302. The zero-order chi connectivity index (χ0) is 17.0. The average Bonchev–Trinajstić information content (AvgIpc) is 2.53. The molecule has 116 valence electrons. The number of anilines is 1. The number of nitrogens with two attached hydrogens (primary N) is 1. The highest BCUT2D eigenvalue weighted by Gasteiger charge is 2.20. The number of nitrogens with zero attached hydrogens (tertiary/aromatic N) is 3. The molecule has 2 aromatic rings. The van der Waals surface area contributed by atoms with Gasteiger partial charge in [-0.3, -0.25) is 0 Å². The predicted molar refractivity (Wildman–Crippen MR) is 87.6 cm³/mol. The van der Waals surface area contributed by atoms with E-state index in [9.17, 15) is 20.7 Å². The van der Waals surface area contributed by atoms with E-state index >= 15 is 0 Å². The van der Waals surface area contributed by atoms with Crippen molar-refractivity contribution in [1.29, 1.82) is 10.5 Å². The number of nitrogen functional groups attached to an aromatic ring is 1. The molecule has 0 bridgehead atoms. The van der Waals surface area contributed by atoms with Crippen LogP contribution in [0.4, 0.5) is 5.82 Å². The smallest absolute Gasteiger partial charge is 0.143 e. The summed E-state index contributed by atoms with van der Waals surface area (Å²) in [4.78, 5) is 4.13. The average molecular weight is 326 g/mol. The number of hydrogen-bond acceptors (Lipinski definition) is 7. The molecule has 0 saturated carbocycles. The first kappa shape index (κ1) is 16.6. The first-order chi connectivity index (χ1) is 11.0. The Kier molecular flexibility index (Phi) is 5.07. The number of aromatic hydroxyl groups is 1. The van der Waals surface area contributed by atoms with Gasteiger partial charge in [0.2, 0.25) is 0 Å². The third-order valence-electron chi connectivity index (χ3n) is 3.03. The molecule has 0 aliphatic rings. The van der Waals surface area contributed by atoms with E-state index in [1.165, 1.54) is 23.9 Å². The van der Waals surface area contributed by atoms with Gasteiger partial charge in [-0.05, 0) is 24.6 Å². The lowest BCUT2D eigenvalue weighted by Crippen LogP contribution is -2.07. The minimum Gasteiger partial charge on any atom is -0.508 e. The number of pyridine rings is 1. The highest BCUT2D eigenvalue weighted by Crippen LogP contribution is 2.36. The van der Waals surface area contributed by atoms with Crippen LogP contribution < -0.4 is 5.73 Å². The van der Waals surface area contributed by atoms with E-state index < -0.39 is 6.10 Å². The number of hydrogen-bond donors (Lipinski definition) is 3. The van der Waals surface area contributed by atoms with Crippen molar-refractivity contribution in [1.82, 2.24) is 4.98 Å². The van der Waals surface area contributed by atoms with E-state index in [2.05, 4.69) is 11.1 Å². The lowest BCUT2D eigenvalue weighted by molar-refractivity contribution is 0.220. The Hall–Kier alpha value is -2.74. The highest BCUT2D eigenvalue weighted by atomic mass is 32.2. The quantitative estimate of drug-likeness (QED) is 0.735. The van der Waals surface area contributed by atoms with Gasteiger partial charge in [-0.2, -0.15) is 10.5 Å². The van der Waals surface area contributed by atoms with Crippen LogP contribution in [-0.4, -0.2) is 27.1 Å². The Balaban J connectivity index is 2.69. The van der Waals surface area contributed by atoms with Crippen molar-refractivity contribution < 1.29 is 10.2 Å². The zero-order valence-electron chi connectivity index (χ0n) is 12.3. The maximum atomic E-state index is 9.53. The van der Waals surface area contributed by atoms with Crippen molar-refractivity contribution in [3.63, 3.8) is 0 Å². The van der Waals surface area contributed by atoms with E-state index in [1.807, 2.05) is 6.07 Å². The van der Waals surface area contributed by atoms with Crippen molar-refractivity contribution in [2.24, 2.45) is 0 Å². The number of benzene rings is 1. The van der Waals surface area contributed by atoms with Crippen LogP contribution in [0.3, 0.4) is 0 Å². The molecule has 0 aliphatic carbocycles. The SMILES string of the molecule is CC(O)CSc1nc(N)c(C#N)c(-c2ccc(O)cc2)c1C#N. The first-order valence-electron chi connectivity index (χ1n) is 6.71. The number of nitriles is 2. The van der Waals surface area contributed by atoms with Gasteiger partial charge in [-0.25, -0.2) is 4.98 Å². The molecular formula is C16H14N4O2S. The summed E-state index contributed by atoms with van der Waals surface area (Å²) in [6.07, 6.45) is -0.567. The fourth-order valence-electron chi connectivity index (χ4n) is 2.02. The summed E-state index contributed by atoms with van der Waals surface area (Å²) >= 11 is 1.20. The monoisotopic (exact) mass is 326 g/mol. The van der Waals surface area contributed by atoms with Crippen LogP contribution in [-0.2, 0) is 0 Å². The largest absolute Gasteiger partial charge is 0.508 e. The predicted octanol–water partition coefficient (Wildman–Crippen LogP) is 2.25. The molecule has 4 N–H and O–H groups in total. The Morgan fingerprint density at radius 1 is 1.22 bits per heavy atom. The van der Waals surface area contributed by atoms with Crippen LogP contribution >= 0.6 is 11.8 Å². The number of phenolic OH excluding ortho intramolecular Hbond substituents is 1. The van der Waals surface area contributed by atoms with Crippen LogP contribution in [0.1, 0.15) is 18.1 Å². The molecule has 0 fully saturated rings. The zero-order valence-corrected chi connectivity index (χ0v) is 13.1. The van der Waals surface area contributed by atoms with Crippen molar-refractivity contribution >= 4 is 17.6 Å². The molecule has 0 radical (unpaired) electrons. The van der Waals surface area contributed by atoms with Gasteiger partial charge in [-0.15, -0.1) is 11.8 Å². The Labute approximate surface area is 137 Å². The summed E-state index contributed by atoms with van der Waals surface area (Å²) in [7, 11) is 0. The molecule has 7 heteroatoms. The number of thioether (sulfide) groups is 1. The lowest BCUT2D eigenvalue weighted by Gasteiger charge is -2.13. The Morgan fingerprint density at radius 3 is 2.35 bits per heavy atom. The van der Waals surface area contributed by atoms with Gasteiger partial charge in [0.15, 0.2) is 0 Å². The van der Waals surface area contributed by atoms with E-state index in [4.69, 9.17) is 5.73 Å². The second-order valence-corrected chi connectivity index (χ2v) is 5.87. The van der Waals surface area contributed by atoms with E-state index in [1.54, 1.807) is 19.1 Å². The number of aromatic nitrogens is 1. The number of rotatable bonds is 4. The van der Waals surface area contributed by atoms with Gasteiger partial charge in [-0.1, -0.05) is 12.1 Å². The molecule has 0 spiro atoms. The summed E-state index contributed by atoms with van der Waals surface area (Å²) < 4.78 is 0. The molecule has 23 heavy (non-hydrogen) atoms. The second-order valence-electron chi connectivity index (χ2n) is 4.86. The van der Waals surface area contributed by atoms with Gasteiger partial charge in [0.25, 0.3) is 0 Å². The van der Waals surface area contributed by atoms with E-state index in [-0.39, 0.29) is 22.7 Å². The van der Waals surface area contributed by atoms with Crippen molar-refractivity contribution in [3.05, 3.63) is 35.4 Å². The van der Waals surface area contributed by atoms with Crippen LogP contribution in [0, 0.1) is 22.7 Å². The first-order valence-corrected chi connectivity index (χ1v) is 7.70. The maximum Gasteiger partial charge on any atom is 0.143 e. The Bertz CT molecular complexity index is 805. The third-order valence-corrected chi connectivity index (χ3v) is 4.25. The molecule has 1 aromatic carbocycles. The lowest BCUT2D eigenvalue weighted by atomic mass is 9.97. The molecule has 0 aliphatic heterocycles.